The number of nitrogens with one attached hydrogen (secondary N) is 1. The number of hydrogen-bond donors (Lipinski definition) is 2. The molecule has 0 fully saturated rings. The van der Waals surface area contributed by atoms with Gasteiger partial charge < -0.3 is 10.4 Å². The highest BCUT2D eigenvalue weighted by Gasteiger charge is 2.09. The number of amides is 1. The van der Waals surface area contributed by atoms with Crippen LogP contribution >= 0.6 is 23.2 Å². The van der Waals surface area contributed by atoms with Gasteiger partial charge in [-0.05, 0) is 24.5 Å². The summed E-state index contributed by atoms with van der Waals surface area (Å²) in [5, 5.41) is 11.9. The van der Waals surface area contributed by atoms with Crippen molar-refractivity contribution in [1.82, 2.24) is 10.3 Å². The van der Waals surface area contributed by atoms with Gasteiger partial charge in [-0.1, -0.05) is 30.1 Å². The molecule has 94 valence electrons. The molecular weight excluding hydrogens is 263 g/mol. The number of halogens is 2. The van der Waals surface area contributed by atoms with Crippen LogP contribution in [0, 0.1) is 5.92 Å². The summed E-state index contributed by atoms with van der Waals surface area (Å²) >= 11 is 11.4. The smallest absolute Gasteiger partial charge is 0.251 e. The Labute approximate surface area is 110 Å². The van der Waals surface area contributed by atoms with E-state index in [1.807, 2.05) is 6.92 Å². The van der Waals surface area contributed by atoms with Crippen molar-refractivity contribution in [3.05, 3.63) is 28.0 Å². The Morgan fingerprint density at radius 2 is 2.06 bits per heavy atom. The maximum Gasteiger partial charge on any atom is 0.251 e. The van der Waals surface area contributed by atoms with Crippen molar-refractivity contribution in [2.75, 3.05) is 13.2 Å². The van der Waals surface area contributed by atoms with Crippen LogP contribution in [0.25, 0.3) is 0 Å². The van der Waals surface area contributed by atoms with Gasteiger partial charge in [-0.25, -0.2) is 4.98 Å². The van der Waals surface area contributed by atoms with E-state index in [0.717, 1.165) is 0 Å². The number of nitrogens with zero attached hydrogens (tertiary/aromatic N) is 1. The first-order valence-corrected chi connectivity index (χ1v) is 6.00. The zero-order valence-corrected chi connectivity index (χ0v) is 10.9. The number of aromatic nitrogens is 1. The van der Waals surface area contributed by atoms with Gasteiger partial charge in [0.2, 0.25) is 0 Å². The molecule has 0 bridgehead atoms. The van der Waals surface area contributed by atoms with Crippen LogP contribution in [0.2, 0.25) is 10.3 Å². The van der Waals surface area contributed by atoms with E-state index in [2.05, 4.69) is 10.3 Å². The molecule has 0 aliphatic carbocycles. The first-order chi connectivity index (χ1) is 8.02. The average Bonchev–Trinajstić information content (AvgIpc) is 2.25. The predicted octanol–water partition coefficient (Wildman–Crippen LogP) is 2.14. The van der Waals surface area contributed by atoms with Gasteiger partial charge in [-0.15, -0.1) is 0 Å². The molecule has 1 unspecified atom stereocenters. The lowest BCUT2D eigenvalue weighted by molar-refractivity contribution is 0.0945. The Balaban J connectivity index is 2.58. The molecule has 1 aromatic rings. The van der Waals surface area contributed by atoms with Gasteiger partial charge in [0.1, 0.15) is 10.3 Å². The van der Waals surface area contributed by atoms with Gasteiger partial charge in [0, 0.05) is 18.7 Å². The third-order valence-electron chi connectivity index (χ3n) is 2.26. The Kier molecular flexibility index (Phi) is 5.68. The van der Waals surface area contributed by atoms with Crippen molar-refractivity contribution in [2.24, 2.45) is 5.92 Å². The molecule has 0 saturated carbocycles. The first-order valence-electron chi connectivity index (χ1n) is 5.25. The van der Waals surface area contributed by atoms with Crippen LogP contribution in [0.1, 0.15) is 23.7 Å². The summed E-state index contributed by atoms with van der Waals surface area (Å²) in [6, 6.07) is 2.92. The summed E-state index contributed by atoms with van der Waals surface area (Å²) in [7, 11) is 0. The lowest BCUT2D eigenvalue weighted by Crippen LogP contribution is -2.28. The number of hydrogen-bond acceptors (Lipinski definition) is 3. The SMILES string of the molecule is CC(CCO)CNC(=O)c1cc(Cl)nc(Cl)c1. The largest absolute Gasteiger partial charge is 0.396 e. The summed E-state index contributed by atoms with van der Waals surface area (Å²) in [5.41, 5.74) is 0.381. The standard InChI is InChI=1S/C11H14Cl2N2O2/c1-7(2-3-16)6-14-11(17)8-4-9(12)15-10(13)5-8/h4-5,7,16H,2-3,6H2,1H3,(H,14,17). The molecule has 1 amide bonds. The molecule has 4 nitrogen and oxygen atoms in total. The number of carbonyl (C=O) groups excluding carboxylic acids is 1. The van der Waals surface area contributed by atoms with Gasteiger partial charge in [-0.2, -0.15) is 0 Å². The number of rotatable bonds is 5. The molecule has 0 aliphatic rings. The Morgan fingerprint density at radius 3 is 2.59 bits per heavy atom. The maximum absolute atomic E-state index is 11.7. The van der Waals surface area contributed by atoms with E-state index < -0.39 is 0 Å². The summed E-state index contributed by atoms with van der Waals surface area (Å²) in [6.07, 6.45) is 0.651. The average molecular weight is 277 g/mol. The van der Waals surface area contributed by atoms with Crippen LogP contribution in [0.4, 0.5) is 0 Å². The molecule has 1 heterocycles. The van der Waals surface area contributed by atoms with Crippen LogP contribution in [0.3, 0.4) is 0 Å². The second-order valence-electron chi connectivity index (χ2n) is 3.83. The normalized spacial score (nSPS) is 12.2. The molecule has 0 aliphatic heterocycles. The van der Waals surface area contributed by atoms with E-state index in [1.54, 1.807) is 0 Å². The number of carbonyl (C=O) groups is 1. The van der Waals surface area contributed by atoms with Crippen molar-refractivity contribution in [3.63, 3.8) is 0 Å². The maximum atomic E-state index is 11.7. The monoisotopic (exact) mass is 276 g/mol. The van der Waals surface area contributed by atoms with Crippen LogP contribution in [-0.2, 0) is 0 Å². The van der Waals surface area contributed by atoms with Crippen LogP contribution in [0.15, 0.2) is 12.1 Å². The summed E-state index contributed by atoms with van der Waals surface area (Å²) < 4.78 is 0. The lowest BCUT2D eigenvalue weighted by Gasteiger charge is -2.11. The van der Waals surface area contributed by atoms with Crippen molar-refractivity contribution < 1.29 is 9.90 Å². The lowest BCUT2D eigenvalue weighted by atomic mass is 10.1. The van der Waals surface area contributed by atoms with Crippen LogP contribution in [-0.4, -0.2) is 29.1 Å². The van der Waals surface area contributed by atoms with Crippen LogP contribution < -0.4 is 5.32 Å². The van der Waals surface area contributed by atoms with Crippen molar-refractivity contribution in [2.45, 2.75) is 13.3 Å². The minimum atomic E-state index is -0.249. The zero-order chi connectivity index (χ0) is 12.8. The van der Waals surface area contributed by atoms with Gasteiger partial charge in [0.05, 0.1) is 0 Å². The fourth-order valence-corrected chi connectivity index (χ4v) is 1.75. The molecular formula is C11H14Cl2N2O2. The highest BCUT2D eigenvalue weighted by molar-refractivity contribution is 6.33. The van der Waals surface area contributed by atoms with E-state index >= 15 is 0 Å². The summed E-state index contributed by atoms with van der Waals surface area (Å²) in [5.74, 6) is -0.0299. The van der Waals surface area contributed by atoms with Crippen molar-refractivity contribution in [3.8, 4) is 0 Å². The summed E-state index contributed by atoms with van der Waals surface area (Å²) in [6.45, 7) is 2.56. The number of pyridine rings is 1. The highest BCUT2D eigenvalue weighted by Crippen LogP contribution is 2.14. The molecule has 17 heavy (non-hydrogen) atoms. The molecule has 1 atom stereocenters. The molecule has 0 aromatic carbocycles. The van der Waals surface area contributed by atoms with E-state index in [4.69, 9.17) is 28.3 Å². The second-order valence-corrected chi connectivity index (χ2v) is 4.60. The number of aliphatic hydroxyl groups excluding tert-OH is 1. The molecule has 1 rings (SSSR count). The third-order valence-corrected chi connectivity index (χ3v) is 2.65. The quantitative estimate of drug-likeness (QED) is 0.810. The molecule has 0 radical (unpaired) electrons. The summed E-state index contributed by atoms with van der Waals surface area (Å²) in [4.78, 5) is 15.5. The van der Waals surface area contributed by atoms with E-state index in [0.29, 0.717) is 18.5 Å². The fourth-order valence-electron chi connectivity index (χ4n) is 1.29. The molecule has 2 N–H and O–H groups in total. The molecule has 1 aromatic heterocycles. The minimum Gasteiger partial charge on any atom is -0.396 e. The van der Waals surface area contributed by atoms with Gasteiger partial charge in [-0.3, -0.25) is 4.79 Å². The Morgan fingerprint density at radius 1 is 1.47 bits per heavy atom. The molecule has 0 spiro atoms. The van der Waals surface area contributed by atoms with E-state index in [9.17, 15) is 4.79 Å². The second kappa shape index (κ2) is 6.79. The third kappa shape index (κ3) is 4.89. The van der Waals surface area contributed by atoms with Gasteiger partial charge in [0.25, 0.3) is 5.91 Å². The van der Waals surface area contributed by atoms with E-state index in [1.165, 1.54) is 12.1 Å². The van der Waals surface area contributed by atoms with Crippen molar-refractivity contribution >= 4 is 29.1 Å². The fraction of sp³-hybridized carbons (Fsp3) is 0.455. The first kappa shape index (κ1) is 14.2. The zero-order valence-electron chi connectivity index (χ0n) is 9.41. The topological polar surface area (TPSA) is 62.2 Å². The Bertz CT molecular complexity index is 379. The van der Waals surface area contributed by atoms with E-state index in [-0.39, 0.29) is 28.7 Å². The predicted molar refractivity (Wildman–Crippen MR) is 67.5 cm³/mol. The van der Waals surface area contributed by atoms with Gasteiger partial charge in [0.15, 0.2) is 0 Å². The Hall–Kier alpha value is -0.840. The van der Waals surface area contributed by atoms with Crippen LogP contribution in [0.5, 0.6) is 0 Å². The number of aliphatic hydroxyl groups is 1. The minimum absolute atomic E-state index is 0.115. The molecule has 6 heteroatoms. The highest BCUT2D eigenvalue weighted by atomic mass is 35.5. The van der Waals surface area contributed by atoms with Gasteiger partial charge >= 0.3 is 0 Å². The molecule has 0 saturated heterocycles. The van der Waals surface area contributed by atoms with Crippen molar-refractivity contribution in [1.29, 1.82) is 0 Å².